The number of hydrogen-bond acceptors (Lipinski definition) is 8. The van der Waals surface area contributed by atoms with E-state index < -0.39 is 59.4 Å². The maximum atomic E-state index is 14.2. The van der Waals surface area contributed by atoms with Gasteiger partial charge in [0.25, 0.3) is 0 Å². The summed E-state index contributed by atoms with van der Waals surface area (Å²) >= 11 is 0. The molecule has 0 heterocycles. The van der Waals surface area contributed by atoms with Crippen molar-refractivity contribution >= 4 is 23.7 Å². The van der Waals surface area contributed by atoms with Gasteiger partial charge in [-0.25, -0.2) is 9.59 Å². The number of ketones is 1. The first-order chi connectivity index (χ1) is 20.8. The average Bonchev–Trinajstić information content (AvgIpc) is 3.38. The van der Waals surface area contributed by atoms with Crippen molar-refractivity contribution in [1.29, 1.82) is 0 Å². The van der Waals surface area contributed by atoms with E-state index in [4.69, 9.17) is 14.2 Å². The van der Waals surface area contributed by atoms with Crippen LogP contribution in [0, 0.1) is 29.1 Å². The maximum Gasteiger partial charge on any atom is 0.338 e. The molecule has 0 amide bonds. The van der Waals surface area contributed by atoms with Crippen LogP contribution in [0.4, 0.5) is 0 Å². The van der Waals surface area contributed by atoms with Crippen LogP contribution in [0.2, 0.25) is 0 Å². The molecule has 8 nitrogen and oxygen atoms in total. The van der Waals surface area contributed by atoms with E-state index in [9.17, 15) is 24.3 Å². The summed E-state index contributed by atoms with van der Waals surface area (Å²) in [7, 11) is 0. The van der Waals surface area contributed by atoms with Crippen molar-refractivity contribution in [3.05, 3.63) is 95.6 Å². The molecule has 2 saturated carbocycles. The van der Waals surface area contributed by atoms with Crippen LogP contribution in [-0.4, -0.2) is 52.7 Å². The third-order valence-corrected chi connectivity index (χ3v) is 9.80. The van der Waals surface area contributed by atoms with Crippen LogP contribution in [0.15, 0.2) is 84.5 Å². The van der Waals surface area contributed by atoms with Gasteiger partial charge in [-0.3, -0.25) is 9.59 Å². The van der Waals surface area contributed by atoms with Crippen LogP contribution in [-0.2, 0) is 23.8 Å². The summed E-state index contributed by atoms with van der Waals surface area (Å²) < 4.78 is 18.0. The third kappa shape index (κ3) is 5.75. The Morgan fingerprint density at radius 2 is 1.45 bits per heavy atom. The van der Waals surface area contributed by atoms with E-state index in [2.05, 4.69) is 20.4 Å². The second-order valence-corrected chi connectivity index (χ2v) is 13.1. The number of rotatable bonds is 5. The molecular weight excluding hydrogens is 560 g/mol. The molecule has 0 radical (unpaired) electrons. The average molecular weight is 601 g/mol. The highest BCUT2D eigenvalue weighted by Crippen LogP contribution is 2.62. The molecule has 5 rings (SSSR count). The van der Waals surface area contributed by atoms with Gasteiger partial charge in [0.2, 0.25) is 0 Å². The van der Waals surface area contributed by atoms with Gasteiger partial charge in [0, 0.05) is 12.5 Å². The van der Waals surface area contributed by atoms with Gasteiger partial charge in [-0.2, -0.15) is 0 Å². The van der Waals surface area contributed by atoms with Crippen molar-refractivity contribution < 1.29 is 38.5 Å². The number of benzene rings is 2. The van der Waals surface area contributed by atoms with Crippen LogP contribution in [0.3, 0.4) is 0 Å². The number of ether oxygens (including phenoxy) is 3. The number of fused-ring (bicyclic) bond motifs is 2. The first-order valence-corrected chi connectivity index (χ1v) is 15.1. The van der Waals surface area contributed by atoms with Crippen molar-refractivity contribution in [3.63, 3.8) is 0 Å². The maximum absolute atomic E-state index is 14.2. The standard InChI is InChI=1S/C36H40O8/c1-20-17-26-27(35(26,5)6)18-28(43-33(39)24-13-9-7-10-14-24)22(3)31(42-23(4)37)29-30(21(2)19-36(29,41)32(20)38)44-34(40)25-15-11-8-12-16-25/h7-17,21,26-31,41H,3,18-19H2,1-2,4-6H3/b20-17+/t21-,26+,27-,28+,29+,30-,31-,36+/m0/s1. The van der Waals surface area contributed by atoms with E-state index in [0.29, 0.717) is 23.1 Å². The van der Waals surface area contributed by atoms with E-state index in [-0.39, 0.29) is 29.2 Å². The SMILES string of the molecule is C=C1[C@H](OC(=O)c2ccccc2)C[C@H]2[C@@H](/C=C(\C)C(=O)[C@@]3(O)C[C@H](C)[C@H](OC(=O)c4ccccc4)[C@@H]3[C@H]1OC(C)=O)C2(C)C. The summed E-state index contributed by atoms with van der Waals surface area (Å²) in [6, 6.07) is 16.9. The molecule has 8 atom stereocenters. The highest BCUT2D eigenvalue weighted by molar-refractivity contribution is 6.02. The molecule has 2 fully saturated rings. The smallest absolute Gasteiger partial charge is 0.338 e. The zero-order valence-corrected chi connectivity index (χ0v) is 25.8. The Morgan fingerprint density at radius 3 is 2.00 bits per heavy atom. The van der Waals surface area contributed by atoms with Gasteiger partial charge in [-0.05, 0) is 72.8 Å². The van der Waals surface area contributed by atoms with E-state index in [1.807, 2.05) is 6.08 Å². The van der Waals surface area contributed by atoms with Crippen molar-refractivity contribution in [2.45, 2.75) is 71.4 Å². The van der Waals surface area contributed by atoms with Gasteiger partial charge in [0.1, 0.15) is 23.9 Å². The lowest BCUT2D eigenvalue weighted by molar-refractivity contribution is -0.162. The van der Waals surface area contributed by atoms with E-state index >= 15 is 0 Å². The van der Waals surface area contributed by atoms with Crippen molar-refractivity contribution in [2.24, 2.45) is 29.1 Å². The summed E-state index contributed by atoms with van der Waals surface area (Å²) in [5, 5.41) is 12.3. The van der Waals surface area contributed by atoms with E-state index in [0.717, 1.165) is 0 Å². The van der Waals surface area contributed by atoms with Gasteiger partial charge in [-0.15, -0.1) is 0 Å². The fourth-order valence-corrected chi connectivity index (χ4v) is 7.26. The molecule has 0 aliphatic heterocycles. The Bertz CT molecular complexity index is 1490. The van der Waals surface area contributed by atoms with Crippen LogP contribution >= 0.6 is 0 Å². The number of Topliss-reactive ketones (excluding diaryl/α,β-unsaturated/α-hetero) is 1. The predicted molar refractivity (Wildman–Crippen MR) is 162 cm³/mol. The largest absolute Gasteiger partial charge is 0.458 e. The fourth-order valence-electron chi connectivity index (χ4n) is 7.26. The second-order valence-electron chi connectivity index (χ2n) is 13.1. The molecule has 44 heavy (non-hydrogen) atoms. The molecule has 0 aromatic heterocycles. The van der Waals surface area contributed by atoms with Gasteiger partial charge < -0.3 is 19.3 Å². The quantitative estimate of drug-likeness (QED) is 0.272. The molecular formula is C36H40O8. The number of hydrogen-bond donors (Lipinski definition) is 1. The zero-order valence-electron chi connectivity index (χ0n) is 25.8. The lowest BCUT2D eigenvalue weighted by Crippen LogP contribution is -2.53. The molecule has 0 bridgehead atoms. The number of carbonyl (C=O) groups is 4. The molecule has 0 unspecified atom stereocenters. The minimum absolute atomic E-state index is 0.0185. The third-order valence-electron chi connectivity index (χ3n) is 9.80. The molecule has 3 aliphatic rings. The molecule has 1 N–H and O–H groups in total. The molecule has 0 spiro atoms. The molecule has 2 aromatic rings. The summed E-state index contributed by atoms with van der Waals surface area (Å²) in [4.78, 5) is 53.4. The first kappa shape index (κ1) is 31.4. The van der Waals surface area contributed by atoms with Gasteiger partial charge in [-0.1, -0.05) is 69.8 Å². The number of allylic oxidation sites excluding steroid dienone is 1. The summed E-state index contributed by atoms with van der Waals surface area (Å²) in [5.41, 5.74) is -1.03. The van der Waals surface area contributed by atoms with Gasteiger partial charge in [0.15, 0.2) is 5.78 Å². The fraction of sp³-hybridized carbons (Fsp3) is 0.444. The molecule has 2 aromatic carbocycles. The molecule has 3 aliphatic carbocycles. The van der Waals surface area contributed by atoms with Crippen molar-refractivity contribution in [2.75, 3.05) is 0 Å². The van der Waals surface area contributed by atoms with Crippen LogP contribution in [0.25, 0.3) is 0 Å². The number of aliphatic hydroxyl groups is 1. The van der Waals surface area contributed by atoms with E-state index in [1.54, 1.807) is 74.5 Å². The van der Waals surface area contributed by atoms with Crippen LogP contribution < -0.4 is 0 Å². The number of carbonyl (C=O) groups excluding carboxylic acids is 4. The van der Waals surface area contributed by atoms with Crippen molar-refractivity contribution in [3.8, 4) is 0 Å². The van der Waals surface area contributed by atoms with Crippen LogP contribution in [0.1, 0.15) is 68.2 Å². The lowest BCUT2D eigenvalue weighted by Gasteiger charge is -2.39. The molecule has 232 valence electrons. The highest BCUT2D eigenvalue weighted by Gasteiger charge is 2.64. The highest BCUT2D eigenvalue weighted by atomic mass is 16.6. The van der Waals surface area contributed by atoms with Crippen molar-refractivity contribution in [1.82, 2.24) is 0 Å². The lowest BCUT2D eigenvalue weighted by atomic mass is 9.76. The Labute approximate surface area is 258 Å². The Balaban J connectivity index is 1.61. The van der Waals surface area contributed by atoms with Crippen LogP contribution in [0.5, 0.6) is 0 Å². The Hall–Kier alpha value is -4.04. The zero-order chi connectivity index (χ0) is 32.0. The summed E-state index contributed by atoms with van der Waals surface area (Å²) in [5.74, 6) is -4.11. The van der Waals surface area contributed by atoms with E-state index in [1.165, 1.54) is 6.92 Å². The summed E-state index contributed by atoms with van der Waals surface area (Å²) in [6.07, 6.45) is -1.04. The van der Waals surface area contributed by atoms with Gasteiger partial charge in [0.05, 0.1) is 17.0 Å². The predicted octanol–water partition coefficient (Wildman–Crippen LogP) is 5.50. The molecule has 0 saturated heterocycles. The normalized spacial score (nSPS) is 33.9. The minimum atomic E-state index is -2.06. The second kappa shape index (κ2) is 11.8. The topological polar surface area (TPSA) is 116 Å². The minimum Gasteiger partial charge on any atom is -0.458 e. The number of esters is 3. The Morgan fingerprint density at radius 1 is 0.909 bits per heavy atom. The monoisotopic (exact) mass is 600 g/mol. The van der Waals surface area contributed by atoms with Gasteiger partial charge >= 0.3 is 17.9 Å². The summed E-state index contributed by atoms with van der Waals surface area (Å²) in [6.45, 7) is 13.1. The Kier molecular flexibility index (Phi) is 8.42. The first-order valence-electron chi connectivity index (χ1n) is 15.1. The molecule has 8 heteroatoms.